The highest BCUT2D eigenvalue weighted by molar-refractivity contribution is 6.30. The molecule has 0 aliphatic carbocycles. The van der Waals surface area contributed by atoms with E-state index in [1.54, 1.807) is 0 Å². The van der Waals surface area contributed by atoms with Crippen LogP contribution in [-0.4, -0.2) is 36.0 Å². The number of guanidine groups is 1. The van der Waals surface area contributed by atoms with Gasteiger partial charge in [0.1, 0.15) is 0 Å². The molecule has 0 radical (unpaired) electrons. The Morgan fingerprint density at radius 2 is 2.08 bits per heavy atom. The van der Waals surface area contributed by atoms with E-state index in [1.807, 2.05) is 44.4 Å². The molecule has 0 unspecified atom stereocenters. The number of pyridine rings is 1. The number of aromatic nitrogens is 1. The first-order chi connectivity index (χ1) is 11.6. The third-order valence-corrected chi connectivity index (χ3v) is 3.88. The van der Waals surface area contributed by atoms with Crippen LogP contribution in [0.5, 0.6) is 0 Å². The fourth-order valence-corrected chi connectivity index (χ4v) is 2.60. The van der Waals surface area contributed by atoms with Gasteiger partial charge in [-0.25, -0.2) is 0 Å². The number of halogens is 1. The Labute approximate surface area is 149 Å². The molecule has 1 N–H and O–H groups in total. The number of hydrogen-bond donors (Lipinski definition) is 1. The normalized spacial score (nSPS) is 11.4. The molecule has 0 aliphatic rings. The van der Waals surface area contributed by atoms with Gasteiger partial charge in [-0.1, -0.05) is 29.8 Å². The third kappa shape index (κ3) is 5.85. The number of rotatable bonds is 6. The predicted octanol–water partition coefficient (Wildman–Crippen LogP) is 3.68. The third-order valence-electron chi connectivity index (χ3n) is 3.64. The van der Waals surface area contributed by atoms with Crippen molar-refractivity contribution < 1.29 is 0 Å². The van der Waals surface area contributed by atoms with E-state index in [-0.39, 0.29) is 0 Å². The van der Waals surface area contributed by atoms with E-state index in [9.17, 15) is 0 Å². The van der Waals surface area contributed by atoms with E-state index in [2.05, 4.69) is 34.3 Å². The van der Waals surface area contributed by atoms with Crippen molar-refractivity contribution in [3.63, 3.8) is 0 Å². The zero-order chi connectivity index (χ0) is 17.4. The molecule has 24 heavy (non-hydrogen) atoms. The number of nitrogens with one attached hydrogen (secondary N) is 1. The molecule has 0 saturated heterocycles. The van der Waals surface area contributed by atoms with E-state index in [0.29, 0.717) is 0 Å². The van der Waals surface area contributed by atoms with Gasteiger partial charge < -0.3 is 10.2 Å². The van der Waals surface area contributed by atoms with Gasteiger partial charge >= 0.3 is 0 Å². The summed E-state index contributed by atoms with van der Waals surface area (Å²) < 4.78 is 0. The van der Waals surface area contributed by atoms with Gasteiger partial charge in [0.2, 0.25) is 0 Å². The summed E-state index contributed by atoms with van der Waals surface area (Å²) in [7, 11) is 2.04. The van der Waals surface area contributed by atoms with E-state index >= 15 is 0 Å². The quantitative estimate of drug-likeness (QED) is 0.642. The van der Waals surface area contributed by atoms with E-state index in [4.69, 9.17) is 16.6 Å². The fraction of sp³-hybridized carbons (Fsp3) is 0.368. The van der Waals surface area contributed by atoms with Crippen molar-refractivity contribution >= 4 is 17.6 Å². The minimum Gasteiger partial charge on any atom is -0.357 e. The summed E-state index contributed by atoms with van der Waals surface area (Å²) in [5.41, 5.74) is 3.41. The first kappa shape index (κ1) is 18.3. The SMILES string of the molecule is CCNC(=NCCc1ccc(C)nc1)N(C)Cc1cccc(Cl)c1. The van der Waals surface area contributed by atoms with Gasteiger partial charge in [-0.2, -0.15) is 0 Å². The number of aliphatic imine (C=N–C) groups is 1. The maximum absolute atomic E-state index is 6.06. The molecule has 0 atom stereocenters. The standard InChI is InChI=1S/C19H25ClN4/c1-4-21-19(22-11-10-16-9-8-15(2)23-13-16)24(3)14-17-6-5-7-18(20)12-17/h5-9,12-13H,4,10-11,14H2,1-3H3,(H,21,22). The molecule has 0 bridgehead atoms. The minimum absolute atomic E-state index is 0.729. The molecule has 0 saturated carbocycles. The Kier molecular flexibility index (Phi) is 7.07. The lowest BCUT2D eigenvalue weighted by Crippen LogP contribution is -2.38. The monoisotopic (exact) mass is 344 g/mol. The van der Waals surface area contributed by atoms with Crippen molar-refractivity contribution in [1.82, 2.24) is 15.2 Å². The molecule has 1 heterocycles. The Hall–Kier alpha value is -2.07. The van der Waals surface area contributed by atoms with Gasteiger partial charge in [0.05, 0.1) is 0 Å². The summed E-state index contributed by atoms with van der Waals surface area (Å²) in [5.74, 6) is 0.901. The zero-order valence-electron chi connectivity index (χ0n) is 14.6. The van der Waals surface area contributed by atoms with Gasteiger partial charge in [0.15, 0.2) is 5.96 Å². The van der Waals surface area contributed by atoms with Gasteiger partial charge in [-0.05, 0) is 49.6 Å². The summed E-state index contributed by atoms with van der Waals surface area (Å²) in [6, 6.07) is 12.1. The molecule has 0 spiro atoms. The van der Waals surface area contributed by atoms with Crippen LogP contribution >= 0.6 is 11.6 Å². The topological polar surface area (TPSA) is 40.5 Å². The lowest BCUT2D eigenvalue weighted by atomic mass is 10.2. The Balaban J connectivity index is 1.97. The zero-order valence-corrected chi connectivity index (χ0v) is 15.3. The second-order valence-corrected chi connectivity index (χ2v) is 6.22. The second-order valence-electron chi connectivity index (χ2n) is 5.78. The molecule has 0 fully saturated rings. The van der Waals surface area contributed by atoms with Crippen molar-refractivity contribution in [2.24, 2.45) is 4.99 Å². The Morgan fingerprint density at radius 3 is 2.75 bits per heavy atom. The first-order valence-electron chi connectivity index (χ1n) is 8.24. The molecule has 0 aliphatic heterocycles. The van der Waals surface area contributed by atoms with Crippen LogP contribution in [0, 0.1) is 6.92 Å². The molecule has 5 heteroatoms. The minimum atomic E-state index is 0.729. The average Bonchev–Trinajstić information content (AvgIpc) is 2.56. The van der Waals surface area contributed by atoms with E-state index < -0.39 is 0 Å². The number of benzene rings is 1. The lowest BCUT2D eigenvalue weighted by Gasteiger charge is -2.22. The van der Waals surface area contributed by atoms with Crippen molar-refractivity contribution in [3.8, 4) is 0 Å². The van der Waals surface area contributed by atoms with Crippen LogP contribution in [0.15, 0.2) is 47.6 Å². The van der Waals surface area contributed by atoms with Crippen molar-refractivity contribution in [1.29, 1.82) is 0 Å². The number of nitrogens with zero attached hydrogens (tertiary/aromatic N) is 3. The molecule has 128 valence electrons. The predicted molar refractivity (Wildman–Crippen MR) is 102 cm³/mol. The smallest absolute Gasteiger partial charge is 0.193 e. The molecule has 2 rings (SSSR count). The summed E-state index contributed by atoms with van der Waals surface area (Å²) in [6.45, 7) is 6.40. The summed E-state index contributed by atoms with van der Waals surface area (Å²) >= 11 is 6.06. The summed E-state index contributed by atoms with van der Waals surface area (Å²) in [4.78, 5) is 11.2. The van der Waals surface area contributed by atoms with E-state index in [0.717, 1.165) is 42.7 Å². The van der Waals surface area contributed by atoms with Crippen LogP contribution in [0.3, 0.4) is 0 Å². The number of aryl methyl sites for hydroxylation is 1. The van der Waals surface area contributed by atoms with Crippen molar-refractivity contribution in [2.45, 2.75) is 26.8 Å². The summed E-state index contributed by atoms with van der Waals surface area (Å²) in [6.07, 6.45) is 2.81. The fourth-order valence-electron chi connectivity index (χ4n) is 2.39. The van der Waals surface area contributed by atoms with Crippen LogP contribution in [0.1, 0.15) is 23.7 Å². The van der Waals surface area contributed by atoms with Crippen LogP contribution in [-0.2, 0) is 13.0 Å². The van der Waals surface area contributed by atoms with Crippen molar-refractivity contribution in [3.05, 3.63) is 64.4 Å². The maximum atomic E-state index is 6.06. The highest BCUT2D eigenvalue weighted by Crippen LogP contribution is 2.12. The Morgan fingerprint density at radius 1 is 1.25 bits per heavy atom. The van der Waals surface area contributed by atoms with Crippen LogP contribution < -0.4 is 5.32 Å². The largest absolute Gasteiger partial charge is 0.357 e. The van der Waals surface area contributed by atoms with Gasteiger partial charge in [-0.15, -0.1) is 0 Å². The van der Waals surface area contributed by atoms with Gasteiger partial charge in [-0.3, -0.25) is 9.98 Å². The van der Waals surface area contributed by atoms with Crippen molar-refractivity contribution in [2.75, 3.05) is 20.1 Å². The molecule has 1 aromatic carbocycles. The van der Waals surface area contributed by atoms with Crippen LogP contribution in [0.2, 0.25) is 5.02 Å². The lowest BCUT2D eigenvalue weighted by molar-refractivity contribution is 0.477. The summed E-state index contributed by atoms with van der Waals surface area (Å²) in [5, 5.41) is 4.10. The molecule has 1 aromatic heterocycles. The number of hydrogen-bond acceptors (Lipinski definition) is 2. The molecule has 4 nitrogen and oxygen atoms in total. The highest BCUT2D eigenvalue weighted by Gasteiger charge is 2.06. The van der Waals surface area contributed by atoms with Gasteiger partial charge in [0, 0.05) is 43.6 Å². The van der Waals surface area contributed by atoms with Crippen LogP contribution in [0.4, 0.5) is 0 Å². The van der Waals surface area contributed by atoms with E-state index in [1.165, 1.54) is 11.1 Å². The molecular formula is C19H25ClN4. The molecule has 0 amide bonds. The second kappa shape index (κ2) is 9.28. The van der Waals surface area contributed by atoms with Gasteiger partial charge in [0.25, 0.3) is 0 Å². The molecule has 2 aromatic rings. The average molecular weight is 345 g/mol. The van der Waals surface area contributed by atoms with Crippen LogP contribution in [0.25, 0.3) is 0 Å². The Bertz CT molecular complexity index is 667. The highest BCUT2D eigenvalue weighted by atomic mass is 35.5. The maximum Gasteiger partial charge on any atom is 0.193 e. The molecular weight excluding hydrogens is 320 g/mol. The first-order valence-corrected chi connectivity index (χ1v) is 8.61.